The molecule has 0 fully saturated rings. The third-order valence-electron chi connectivity index (χ3n) is 3.84. The maximum absolute atomic E-state index is 12.1. The Morgan fingerprint density at radius 1 is 1.13 bits per heavy atom. The quantitative estimate of drug-likeness (QED) is 0.603. The largest absolute Gasteiger partial charge is 0.459 e. The SMILES string of the molecule is C[C@@H](Nc1nc2ccccc2c(=O)[nH]1)c1cc2ccccc2o1. The molecule has 5 nitrogen and oxygen atoms in total. The van der Waals surface area contributed by atoms with Crippen LogP contribution in [0.1, 0.15) is 18.7 Å². The number of nitrogens with one attached hydrogen (secondary N) is 2. The van der Waals surface area contributed by atoms with Crippen molar-refractivity contribution in [2.24, 2.45) is 0 Å². The fourth-order valence-corrected chi connectivity index (χ4v) is 2.65. The number of hydrogen-bond acceptors (Lipinski definition) is 4. The molecule has 1 atom stereocenters. The van der Waals surface area contributed by atoms with Crippen LogP contribution in [0.5, 0.6) is 0 Å². The van der Waals surface area contributed by atoms with Crippen molar-refractivity contribution in [3.63, 3.8) is 0 Å². The Labute approximate surface area is 132 Å². The van der Waals surface area contributed by atoms with Crippen LogP contribution in [0.2, 0.25) is 0 Å². The van der Waals surface area contributed by atoms with Gasteiger partial charge in [0.1, 0.15) is 11.3 Å². The summed E-state index contributed by atoms with van der Waals surface area (Å²) < 4.78 is 5.84. The van der Waals surface area contributed by atoms with Crippen LogP contribution in [0.15, 0.2) is 63.8 Å². The molecule has 5 heteroatoms. The number of aromatic amines is 1. The number of H-pyrrole nitrogens is 1. The zero-order valence-corrected chi connectivity index (χ0v) is 12.5. The summed E-state index contributed by atoms with van der Waals surface area (Å²) in [6, 6.07) is 17.0. The molecule has 0 radical (unpaired) electrons. The Bertz CT molecular complexity index is 1020. The fraction of sp³-hybridized carbons (Fsp3) is 0.111. The molecule has 0 saturated carbocycles. The Morgan fingerprint density at radius 3 is 2.78 bits per heavy atom. The molecule has 0 aliphatic carbocycles. The van der Waals surface area contributed by atoms with Gasteiger partial charge in [-0.05, 0) is 31.2 Å². The molecule has 2 heterocycles. The summed E-state index contributed by atoms with van der Waals surface area (Å²) in [6.45, 7) is 1.97. The standard InChI is InChI=1S/C18H15N3O2/c1-11(16-10-12-6-2-5-9-15(12)23-16)19-18-20-14-8-4-3-7-13(14)17(22)21-18/h2-11H,1H3,(H2,19,20,21,22)/t11-/m1/s1. The number of furan rings is 1. The lowest BCUT2D eigenvalue weighted by atomic mass is 10.2. The predicted molar refractivity (Wildman–Crippen MR) is 90.6 cm³/mol. The second kappa shape index (κ2) is 5.28. The predicted octanol–water partition coefficient (Wildman–Crippen LogP) is 3.84. The Hall–Kier alpha value is -3.08. The summed E-state index contributed by atoms with van der Waals surface area (Å²) in [5.74, 6) is 1.23. The van der Waals surface area contributed by atoms with E-state index in [2.05, 4.69) is 15.3 Å². The zero-order chi connectivity index (χ0) is 15.8. The molecule has 23 heavy (non-hydrogen) atoms. The number of para-hydroxylation sites is 2. The van der Waals surface area contributed by atoms with E-state index in [9.17, 15) is 4.79 Å². The van der Waals surface area contributed by atoms with Crippen LogP contribution in [0.25, 0.3) is 21.9 Å². The van der Waals surface area contributed by atoms with E-state index in [0.29, 0.717) is 16.9 Å². The third kappa shape index (κ3) is 2.46. The summed E-state index contributed by atoms with van der Waals surface area (Å²) in [5.41, 5.74) is 1.35. The first-order valence-corrected chi connectivity index (χ1v) is 7.45. The lowest BCUT2D eigenvalue weighted by Gasteiger charge is -2.12. The smallest absolute Gasteiger partial charge is 0.260 e. The van der Waals surface area contributed by atoms with Gasteiger partial charge in [0.25, 0.3) is 5.56 Å². The topological polar surface area (TPSA) is 70.9 Å². The van der Waals surface area contributed by atoms with Crippen LogP contribution in [-0.4, -0.2) is 9.97 Å². The molecule has 0 amide bonds. The van der Waals surface area contributed by atoms with E-state index in [1.807, 2.05) is 55.5 Å². The average Bonchev–Trinajstić information content (AvgIpc) is 2.99. The van der Waals surface area contributed by atoms with Gasteiger partial charge < -0.3 is 9.73 Å². The molecular formula is C18H15N3O2. The van der Waals surface area contributed by atoms with Crippen molar-refractivity contribution < 1.29 is 4.42 Å². The molecule has 0 unspecified atom stereocenters. The molecule has 0 saturated heterocycles. The third-order valence-corrected chi connectivity index (χ3v) is 3.84. The van der Waals surface area contributed by atoms with Gasteiger partial charge in [0.2, 0.25) is 5.95 Å². The Balaban J connectivity index is 1.68. The van der Waals surface area contributed by atoms with E-state index >= 15 is 0 Å². The van der Waals surface area contributed by atoms with Crippen molar-refractivity contribution in [1.82, 2.24) is 9.97 Å². The molecule has 2 N–H and O–H groups in total. The summed E-state index contributed by atoms with van der Waals surface area (Å²) >= 11 is 0. The van der Waals surface area contributed by atoms with E-state index in [4.69, 9.17) is 4.42 Å². The highest BCUT2D eigenvalue weighted by Gasteiger charge is 2.13. The van der Waals surface area contributed by atoms with Gasteiger partial charge in [-0.25, -0.2) is 4.98 Å². The van der Waals surface area contributed by atoms with Crippen LogP contribution >= 0.6 is 0 Å². The number of rotatable bonds is 3. The highest BCUT2D eigenvalue weighted by atomic mass is 16.3. The van der Waals surface area contributed by atoms with Crippen molar-refractivity contribution >= 4 is 27.8 Å². The van der Waals surface area contributed by atoms with Crippen LogP contribution in [0.4, 0.5) is 5.95 Å². The Morgan fingerprint density at radius 2 is 1.91 bits per heavy atom. The summed E-state index contributed by atoms with van der Waals surface area (Å²) in [6.07, 6.45) is 0. The number of aromatic nitrogens is 2. The number of benzene rings is 2. The maximum atomic E-state index is 12.1. The lowest BCUT2D eigenvalue weighted by molar-refractivity contribution is 0.525. The minimum absolute atomic E-state index is 0.119. The van der Waals surface area contributed by atoms with Crippen molar-refractivity contribution in [1.29, 1.82) is 0 Å². The molecular weight excluding hydrogens is 290 g/mol. The monoisotopic (exact) mass is 305 g/mol. The first-order valence-electron chi connectivity index (χ1n) is 7.45. The number of nitrogens with zero attached hydrogens (tertiary/aromatic N) is 1. The van der Waals surface area contributed by atoms with Gasteiger partial charge in [-0.2, -0.15) is 0 Å². The van der Waals surface area contributed by atoms with Crippen molar-refractivity contribution in [3.8, 4) is 0 Å². The zero-order valence-electron chi connectivity index (χ0n) is 12.5. The summed E-state index contributed by atoms with van der Waals surface area (Å²) in [5, 5.41) is 4.82. The van der Waals surface area contributed by atoms with E-state index in [0.717, 1.165) is 16.7 Å². The normalized spacial score (nSPS) is 12.6. The first-order chi connectivity index (χ1) is 11.2. The average molecular weight is 305 g/mol. The maximum Gasteiger partial charge on any atom is 0.260 e. The molecule has 0 aliphatic heterocycles. The van der Waals surface area contributed by atoms with Gasteiger partial charge >= 0.3 is 0 Å². The van der Waals surface area contributed by atoms with Gasteiger partial charge in [-0.15, -0.1) is 0 Å². The fourth-order valence-electron chi connectivity index (χ4n) is 2.65. The number of anilines is 1. The molecule has 2 aromatic heterocycles. The minimum atomic E-state index is -0.157. The van der Waals surface area contributed by atoms with Crippen LogP contribution in [0.3, 0.4) is 0 Å². The molecule has 4 rings (SSSR count). The van der Waals surface area contributed by atoms with Gasteiger partial charge in [0, 0.05) is 5.39 Å². The highest BCUT2D eigenvalue weighted by Crippen LogP contribution is 2.25. The number of fused-ring (bicyclic) bond motifs is 2. The van der Waals surface area contributed by atoms with Gasteiger partial charge in [-0.1, -0.05) is 30.3 Å². The van der Waals surface area contributed by atoms with Crippen LogP contribution in [-0.2, 0) is 0 Å². The Kier molecular flexibility index (Phi) is 3.12. The molecule has 0 aliphatic rings. The molecule has 0 bridgehead atoms. The molecule has 114 valence electrons. The van der Waals surface area contributed by atoms with E-state index < -0.39 is 0 Å². The molecule has 0 spiro atoms. The van der Waals surface area contributed by atoms with E-state index in [1.165, 1.54) is 0 Å². The van der Waals surface area contributed by atoms with Crippen molar-refractivity contribution in [2.75, 3.05) is 5.32 Å². The first kappa shape index (κ1) is 13.6. The van der Waals surface area contributed by atoms with Gasteiger partial charge in [0.15, 0.2) is 0 Å². The van der Waals surface area contributed by atoms with Crippen LogP contribution in [0, 0.1) is 0 Å². The molecule has 2 aromatic carbocycles. The summed E-state index contributed by atoms with van der Waals surface area (Å²) in [7, 11) is 0. The number of hydrogen-bond donors (Lipinski definition) is 2. The highest BCUT2D eigenvalue weighted by molar-refractivity contribution is 5.79. The van der Waals surface area contributed by atoms with E-state index in [-0.39, 0.29) is 11.6 Å². The second-order valence-electron chi connectivity index (χ2n) is 5.48. The molecule has 4 aromatic rings. The second-order valence-corrected chi connectivity index (χ2v) is 5.48. The lowest BCUT2D eigenvalue weighted by Crippen LogP contribution is -2.15. The van der Waals surface area contributed by atoms with Crippen molar-refractivity contribution in [3.05, 3.63) is 70.7 Å². The van der Waals surface area contributed by atoms with Gasteiger partial charge in [0.05, 0.1) is 16.9 Å². The van der Waals surface area contributed by atoms with E-state index in [1.54, 1.807) is 6.07 Å². The van der Waals surface area contributed by atoms with Crippen LogP contribution < -0.4 is 10.9 Å². The van der Waals surface area contributed by atoms with Crippen molar-refractivity contribution in [2.45, 2.75) is 13.0 Å². The van der Waals surface area contributed by atoms with Gasteiger partial charge in [-0.3, -0.25) is 9.78 Å². The summed E-state index contributed by atoms with van der Waals surface area (Å²) in [4.78, 5) is 19.3. The minimum Gasteiger partial charge on any atom is -0.459 e.